The zero-order chi connectivity index (χ0) is 22.8. The van der Waals surface area contributed by atoms with E-state index in [2.05, 4.69) is 27.1 Å². The maximum Gasteiger partial charge on any atom is 0.269 e. The normalized spacial score (nSPS) is 15.2. The van der Waals surface area contributed by atoms with Gasteiger partial charge < -0.3 is 15.4 Å². The highest BCUT2D eigenvalue weighted by atomic mass is 127. The zero-order valence-electron chi connectivity index (χ0n) is 18.3. The average Bonchev–Trinajstić information content (AvgIpc) is 2.82. The molecule has 1 atom stereocenters. The number of nitrogens with one attached hydrogen (secondary N) is 2. The topological polar surface area (TPSA) is 92.0 Å². The quantitative estimate of drug-likeness (QED) is 0.120. The number of non-ortho nitro benzene ring substituents is 1. The van der Waals surface area contributed by atoms with Crippen molar-refractivity contribution in [3.8, 4) is 0 Å². The molecule has 0 amide bonds. The van der Waals surface area contributed by atoms with Crippen LogP contribution in [0.2, 0.25) is 0 Å². The third-order valence-corrected chi connectivity index (χ3v) is 5.18. The lowest BCUT2D eigenvalue weighted by Gasteiger charge is -2.35. The van der Waals surface area contributed by atoms with Gasteiger partial charge >= 0.3 is 0 Å². The van der Waals surface area contributed by atoms with Gasteiger partial charge in [-0.05, 0) is 23.3 Å². The molecule has 0 radical (unpaired) electrons. The van der Waals surface area contributed by atoms with Crippen LogP contribution in [-0.2, 0) is 11.3 Å². The molecule has 1 aliphatic heterocycles. The maximum absolute atomic E-state index is 13.5. The van der Waals surface area contributed by atoms with Gasteiger partial charge in [-0.15, -0.1) is 30.6 Å². The van der Waals surface area contributed by atoms with Gasteiger partial charge in [0.25, 0.3) is 5.69 Å². The van der Waals surface area contributed by atoms with Gasteiger partial charge in [0.1, 0.15) is 5.82 Å². The molecule has 0 saturated carbocycles. The van der Waals surface area contributed by atoms with E-state index in [-0.39, 0.29) is 41.5 Å². The highest BCUT2D eigenvalue weighted by Gasteiger charge is 2.23. The minimum Gasteiger partial charge on any atom is -0.379 e. The molecule has 1 aliphatic rings. The summed E-state index contributed by atoms with van der Waals surface area (Å²) < 4.78 is 18.9. The number of rotatable bonds is 9. The van der Waals surface area contributed by atoms with E-state index in [1.165, 1.54) is 24.3 Å². The molecule has 0 spiro atoms. The molecule has 1 unspecified atom stereocenters. The molecule has 2 aromatic carbocycles. The van der Waals surface area contributed by atoms with E-state index in [1.807, 2.05) is 12.1 Å². The van der Waals surface area contributed by atoms with Crippen LogP contribution >= 0.6 is 24.0 Å². The van der Waals surface area contributed by atoms with Gasteiger partial charge in [0, 0.05) is 38.3 Å². The SMILES string of the molecule is C=CCNC(=NCc1ccc([N+](=O)[O-])cc1)NCC(c1ccc(F)cc1)N1CCOCC1.I. The molecule has 2 aromatic rings. The number of nitro groups is 1. The summed E-state index contributed by atoms with van der Waals surface area (Å²) in [7, 11) is 0. The van der Waals surface area contributed by atoms with Gasteiger partial charge in [-0.25, -0.2) is 9.38 Å². The summed E-state index contributed by atoms with van der Waals surface area (Å²) in [6.45, 7) is 8.10. The Labute approximate surface area is 210 Å². The molecule has 178 valence electrons. The van der Waals surface area contributed by atoms with Crippen LogP contribution in [0.15, 0.2) is 66.2 Å². The molecule has 0 aromatic heterocycles. The first kappa shape index (κ1) is 26.7. The van der Waals surface area contributed by atoms with Crippen molar-refractivity contribution in [2.24, 2.45) is 4.99 Å². The van der Waals surface area contributed by atoms with Crippen molar-refractivity contribution in [1.29, 1.82) is 0 Å². The fourth-order valence-electron chi connectivity index (χ4n) is 3.46. The van der Waals surface area contributed by atoms with Crippen LogP contribution < -0.4 is 10.6 Å². The Kier molecular flexibility index (Phi) is 11.2. The van der Waals surface area contributed by atoms with Gasteiger partial charge in [0.2, 0.25) is 0 Å². The zero-order valence-corrected chi connectivity index (χ0v) is 20.6. The fraction of sp³-hybridized carbons (Fsp3) is 0.348. The van der Waals surface area contributed by atoms with Gasteiger partial charge in [-0.2, -0.15) is 0 Å². The first-order valence-electron chi connectivity index (χ1n) is 10.5. The monoisotopic (exact) mass is 569 g/mol. The van der Waals surface area contributed by atoms with Crippen LogP contribution in [0.3, 0.4) is 0 Å². The molecule has 10 heteroatoms. The molecule has 0 aliphatic carbocycles. The molecule has 2 N–H and O–H groups in total. The van der Waals surface area contributed by atoms with Crippen molar-refractivity contribution in [3.05, 3.63) is 88.2 Å². The van der Waals surface area contributed by atoms with Crippen LogP contribution in [0.1, 0.15) is 17.2 Å². The summed E-state index contributed by atoms with van der Waals surface area (Å²) >= 11 is 0. The third-order valence-electron chi connectivity index (χ3n) is 5.18. The molecule has 8 nitrogen and oxygen atoms in total. The second kappa shape index (κ2) is 13.9. The average molecular weight is 569 g/mol. The van der Waals surface area contributed by atoms with Crippen LogP contribution in [0, 0.1) is 15.9 Å². The number of halogens is 2. The van der Waals surface area contributed by atoms with E-state index < -0.39 is 4.92 Å². The van der Waals surface area contributed by atoms with Crippen LogP contribution in [0.4, 0.5) is 10.1 Å². The minimum atomic E-state index is -0.424. The van der Waals surface area contributed by atoms with Crippen molar-refractivity contribution < 1.29 is 14.1 Å². The Morgan fingerprint density at radius 1 is 1.18 bits per heavy atom. The fourth-order valence-corrected chi connectivity index (χ4v) is 3.46. The lowest BCUT2D eigenvalue weighted by Crippen LogP contribution is -2.46. The van der Waals surface area contributed by atoms with E-state index in [0.29, 0.717) is 38.8 Å². The number of morpholine rings is 1. The molecule has 0 bridgehead atoms. The smallest absolute Gasteiger partial charge is 0.269 e. The third kappa shape index (κ3) is 8.37. The van der Waals surface area contributed by atoms with Crippen molar-refractivity contribution in [2.45, 2.75) is 12.6 Å². The second-order valence-corrected chi connectivity index (χ2v) is 7.35. The molecule has 1 saturated heterocycles. The van der Waals surface area contributed by atoms with Gasteiger partial charge in [-0.3, -0.25) is 15.0 Å². The number of nitrogens with zero attached hydrogens (tertiary/aromatic N) is 3. The Hall–Kier alpha value is -2.57. The summed E-state index contributed by atoms with van der Waals surface area (Å²) in [5.41, 5.74) is 1.92. The standard InChI is InChI=1S/C23H28FN5O3.HI/c1-2-11-25-23(26-16-18-3-9-21(10-4-18)29(30)31)27-17-22(28-12-14-32-15-13-28)19-5-7-20(24)8-6-19;/h2-10,22H,1,11-17H2,(H2,25,26,27);1H. The maximum atomic E-state index is 13.5. The van der Waals surface area contributed by atoms with E-state index in [4.69, 9.17) is 4.74 Å². The number of benzene rings is 2. The Balaban J connectivity index is 0.00000385. The summed E-state index contributed by atoms with van der Waals surface area (Å²) in [4.78, 5) is 17.3. The first-order chi connectivity index (χ1) is 15.6. The van der Waals surface area contributed by atoms with E-state index in [1.54, 1.807) is 18.2 Å². The molecular formula is C23H29FIN5O3. The number of nitro benzene ring substituents is 1. The highest BCUT2D eigenvalue weighted by molar-refractivity contribution is 14.0. The summed E-state index contributed by atoms with van der Waals surface area (Å²) in [5.74, 6) is 0.337. The van der Waals surface area contributed by atoms with E-state index >= 15 is 0 Å². The number of guanidine groups is 1. The van der Waals surface area contributed by atoms with Crippen molar-refractivity contribution in [1.82, 2.24) is 15.5 Å². The van der Waals surface area contributed by atoms with E-state index in [0.717, 1.165) is 24.2 Å². The van der Waals surface area contributed by atoms with Gasteiger partial charge in [0.05, 0.1) is 30.7 Å². The minimum absolute atomic E-state index is 0. The number of ether oxygens (including phenoxy) is 1. The van der Waals surface area contributed by atoms with Crippen molar-refractivity contribution in [2.75, 3.05) is 39.4 Å². The molecule has 33 heavy (non-hydrogen) atoms. The van der Waals surface area contributed by atoms with Gasteiger partial charge in [0.15, 0.2) is 5.96 Å². The Morgan fingerprint density at radius 2 is 1.85 bits per heavy atom. The largest absolute Gasteiger partial charge is 0.379 e. The van der Waals surface area contributed by atoms with E-state index in [9.17, 15) is 14.5 Å². The first-order valence-corrected chi connectivity index (χ1v) is 10.5. The summed E-state index contributed by atoms with van der Waals surface area (Å²) in [6.07, 6.45) is 1.74. The van der Waals surface area contributed by atoms with Crippen LogP contribution in [0.5, 0.6) is 0 Å². The summed E-state index contributed by atoms with van der Waals surface area (Å²) in [6, 6.07) is 12.9. The predicted octanol–water partition coefficient (Wildman–Crippen LogP) is 3.65. The number of hydrogen-bond acceptors (Lipinski definition) is 5. The second-order valence-electron chi connectivity index (χ2n) is 7.35. The Bertz CT molecular complexity index is 919. The molecule has 1 fully saturated rings. The predicted molar refractivity (Wildman–Crippen MR) is 137 cm³/mol. The van der Waals surface area contributed by atoms with Crippen molar-refractivity contribution in [3.63, 3.8) is 0 Å². The van der Waals surface area contributed by atoms with Crippen LogP contribution in [-0.4, -0.2) is 55.2 Å². The summed E-state index contributed by atoms with van der Waals surface area (Å²) in [5, 5.41) is 17.4. The lowest BCUT2D eigenvalue weighted by atomic mass is 10.0. The van der Waals surface area contributed by atoms with Gasteiger partial charge in [-0.1, -0.05) is 30.3 Å². The highest BCUT2D eigenvalue weighted by Crippen LogP contribution is 2.21. The van der Waals surface area contributed by atoms with Crippen molar-refractivity contribution >= 4 is 35.6 Å². The molecule has 3 rings (SSSR count). The molecular weight excluding hydrogens is 540 g/mol. The Morgan fingerprint density at radius 3 is 2.45 bits per heavy atom. The molecule has 1 heterocycles. The number of aliphatic imine (C=N–C) groups is 1. The van der Waals surface area contributed by atoms with Crippen LogP contribution in [0.25, 0.3) is 0 Å². The number of hydrogen-bond donors (Lipinski definition) is 2. The lowest BCUT2D eigenvalue weighted by molar-refractivity contribution is -0.384.